The number of aromatic nitrogens is 3. The lowest BCUT2D eigenvalue weighted by Crippen LogP contribution is -2.34. The number of anilines is 4. The fourth-order valence-corrected chi connectivity index (χ4v) is 4.31. The van der Waals surface area contributed by atoms with Gasteiger partial charge in [-0.2, -0.15) is 15.0 Å². The molecular formula is C22H33ClN8O. The Labute approximate surface area is 194 Å². The molecule has 0 saturated carbocycles. The van der Waals surface area contributed by atoms with Crippen molar-refractivity contribution in [2.24, 2.45) is 0 Å². The second-order valence-corrected chi connectivity index (χ2v) is 8.71. The van der Waals surface area contributed by atoms with Crippen LogP contribution in [0.4, 0.5) is 23.5 Å². The van der Waals surface area contributed by atoms with Gasteiger partial charge in [0.1, 0.15) is 5.75 Å². The molecule has 9 nitrogen and oxygen atoms in total. The summed E-state index contributed by atoms with van der Waals surface area (Å²) in [4.78, 5) is 13.9. The summed E-state index contributed by atoms with van der Waals surface area (Å²) in [5.41, 5.74) is 7.57. The molecular weight excluding hydrogens is 428 g/mol. The summed E-state index contributed by atoms with van der Waals surface area (Å²) in [6.45, 7) is 3.93. The molecule has 2 aromatic rings. The summed E-state index contributed by atoms with van der Waals surface area (Å²) in [5, 5.41) is 8.18. The van der Waals surface area contributed by atoms with Gasteiger partial charge in [0.25, 0.3) is 0 Å². The number of halogens is 1. The number of methoxy groups -OCH3 is 1. The van der Waals surface area contributed by atoms with Crippen molar-refractivity contribution in [3.8, 4) is 5.75 Å². The number of rotatable bonds is 7. The van der Waals surface area contributed by atoms with E-state index in [1.807, 2.05) is 12.1 Å². The van der Waals surface area contributed by atoms with Gasteiger partial charge in [0.15, 0.2) is 0 Å². The van der Waals surface area contributed by atoms with Crippen molar-refractivity contribution < 1.29 is 4.74 Å². The second-order valence-electron chi connectivity index (χ2n) is 8.31. The quantitative estimate of drug-likeness (QED) is 0.544. The Bertz CT molecular complexity index is 827. The summed E-state index contributed by atoms with van der Waals surface area (Å²) in [6, 6.07) is 5.50. The Kier molecular flexibility index (Phi) is 8.19. The maximum Gasteiger partial charge on any atom is 0.244 e. The van der Waals surface area contributed by atoms with Crippen LogP contribution in [0.5, 0.6) is 5.75 Å². The summed E-state index contributed by atoms with van der Waals surface area (Å²) in [6.07, 6.45) is 9.76. The zero-order valence-electron chi connectivity index (χ0n) is 18.7. The molecule has 0 spiro atoms. The van der Waals surface area contributed by atoms with Crippen LogP contribution >= 0.6 is 11.6 Å². The smallest absolute Gasteiger partial charge is 0.244 e. The van der Waals surface area contributed by atoms with Crippen molar-refractivity contribution in [2.75, 3.05) is 49.5 Å². The van der Waals surface area contributed by atoms with Gasteiger partial charge in [-0.3, -0.25) is 10.9 Å². The number of ether oxygens (including phenoxy) is 1. The third-order valence-corrected chi connectivity index (χ3v) is 6.07. The number of hydrogen-bond donors (Lipinski definition) is 3. The highest BCUT2D eigenvalue weighted by Gasteiger charge is 2.15. The van der Waals surface area contributed by atoms with Crippen molar-refractivity contribution in [3.05, 3.63) is 23.2 Å². The lowest BCUT2D eigenvalue weighted by molar-refractivity contribution is 0.336. The van der Waals surface area contributed by atoms with Gasteiger partial charge in [0.05, 0.1) is 12.1 Å². The maximum absolute atomic E-state index is 6.29. The Balaban J connectivity index is 1.54. The molecule has 0 unspecified atom stereocenters. The second kappa shape index (κ2) is 11.5. The third-order valence-electron chi connectivity index (χ3n) is 5.77. The molecule has 4 rings (SSSR count). The first-order chi connectivity index (χ1) is 15.7. The molecule has 2 fully saturated rings. The Morgan fingerprint density at radius 1 is 0.750 bits per heavy atom. The summed E-state index contributed by atoms with van der Waals surface area (Å²) in [5.74, 6) is 2.14. The van der Waals surface area contributed by atoms with Crippen LogP contribution in [0.3, 0.4) is 0 Å². The van der Waals surface area contributed by atoms with Crippen molar-refractivity contribution >= 4 is 35.1 Å². The van der Waals surface area contributed by atoms with Gasteiger partial charge in [0.2, 0.25) is 17.8 Å². The zero-order valence-corrected chi connectivity index (χ0v) is 19.5. The van der Waals surface area contributed by atoms with Crippen LogP contribution in [0.15, 0.2) is 18.2 Å². The first kappa shape index (κ1) is 22.8. The fraction of sp³-hybridized carbons (Fsp3) is 0.591. The molecule has 174 valence electrons. The highest BCUT2D eigenvalue weighted by molar-refractivity contribution is 6.32. The standard InChI is InChI=1S/C22H33ClN8O/c1-32-19-11-10-17(16-18(19)23)24-20-25-21(28-30-12-6-2-3-7-13-30)27-22(26-20)29-31-14-8-4-5-9-15-31/h10-11,16H,2-9,12-15H2,1H3,(H3,24,25,26,27,28,29). The van der Waals surface area contributed by atoms with Crippen LogP contribution in [0.25, 0.3) is 0 Å². The van der Waals surface area contributed by atoms with E-state index in [1.165, 1.54) is 51.4 Å². The SMILES string of the molecule is COc1ccc(Nc2nc(NN3CCCCCC3)nc(NN3CCCCCC3)n2)cc1Cl. The summed E-state index contributed by atoms with van der Waals surface area (Å²) >= 11 is 6.29. The summed E-state index contributed by atoms with van der Waals surface area (Å²) in [7, 11) is 1.60. The number of nitrogens with one attached hydrogen (secondary N) is 3. The van der Waals surface area contributed by atoms with E-state index in [2.05, 4.69) is 41.1 Å². The van der Waals surface area contributed by atoms with E-state index in [0.717, 1.165) is 31.9 Å². The van der Waals surface area contributed by atoms with Crippen LogP contribution in [-0.4, -0.2) is 58.3 Å². The third kappa shape index (κ3) is 6.57. The first-order valence-electron chi connectivity index (χ1n) is 11.6. The van der Waals surface area contributed by atoms with E-state index in [0.29, 0.717) is 28.6 Å². The van der Waals surface area contributed by atoms with Crippen LogP contribution in [-0.2, 0) is 0 Å². The maximum atomic E-state index is 6.29. The van der Waals surface area contributed by atoms with Gasteiger partial charge in [0, 0.05) is 31.9 Å². The average molecular weight is 461 g/mol. The molecule has 2 saturated heterocycles. The minimum absolute atomic E-state index is 0.455. The van der Waals surface area contributed by atoms with Gasteiger partial charge in [-0.15, -0.1) is 0 Å². The largest absolute Gasteiger partial charge is 0.495 e. The molecule has 32 heavy (non-hydrogen) atoms. The predicted octanol–water partition coefficient (Wildman–Crippen LogP) is 4.68. The molecule has 2 aliphatic rings. The van der Waals surface area contributed by atoms with Crippen LogP contribution in [0, 0.1) is 0 Å². The molecule has 3 heterocycles. The molecule has 0 radical (unpaired) electrons. The molecule has 2 aliphatic heterocycles. The molecule has 0 atom stereocenters. The summed E-state index contributed by atoms with van der Waals surface area (Å²) < 4.78 is 5.25. The molecule has 1 aromatic carbocycles. The van der Waals surface area contributed by atoms with Crippen molar-refractivity contribution in [2.45, 2.75) is 51.4 Å². The zero-order chi connectivity index (χ0) is 22.2. The number of nitrogens with zero attached hydrogens (tertiary/aromatic N) is 5. The van der Waals surface area contributed by atoms with Crippen LogP contribution in [0.1, 0.15) is 51.4 Å². The number of hydrazine groups is 2. The highest BCUT2D eigenvalue weighted by Crippen LogP contribution is 2.28. The molecule has 0 aliphatic carbocycles. The number of benzene rings is 1. The first-order valence-corrected chi connectivity index (χ1v) is 12.0. The van der Waals surface area contributed by atoms with E-state index in [4.69, 9.17) is 16.3 Å². The van der Waals surface area contributed by atoms with E-state index in [-0.39, 0.29) is 0 Å². The van der Waals surface area contributed by atoms with Gasteiger partial charge < -0.3 is 10.1 Å². The van der Waals surface area contributed by atoms with Crippen molar-refractivity contribution in [1.29, 1.82) is 0 Å². The Hall–Kier alpha value is -2.36. The monoisotopic (exact) mass is 460 g/mol. The van der Waals surface area contributed by atoms with Crippen LogP contribution in [0.2, 0.25) is 5.02 Å². The van der Waals surface area contributed by atoms with Gasteiger partial charge in [-0.1, -0.05) is 37.3 Å². The highest BCUT2D eigenvalue weighted by atomic mass is 35.5. The molecule has 3 N–H and O–H groups in total. The predicted molar refractivity (Wildman–Crippen MR) is 128 cm³/mol. The van der Waals surface area contributed by atoms with Gasteiger partial charge in [-0.05, 0) is 43.9 Å². The Morgan fingerprint density at radius 3 is 1.72 bits per heavy atom. The lowest BCUT2D eigenvalue weighted by atomic mass is 10.2. The topological polar surface area (TPSA) is 90.5 Å². The molecule has 10 heteroatoms. The van der Waals surface area contributed by atoms with Crippen LogP contribution < -0.4 is 20.9 Å². The number of hydrogen-bond acceptors (Lipinski definition) is 9. The minimum atomic E-state index is 0.455. The Morgan fingerprint density at radius 2 is 1.25 bits per heavy atom. The normalized spacial score (nSPS) is 18.4. The van der Waals surface area contributed by atoms with Crippen molar-refractivity contribution in [1.82, 2.24) is 25.0 Å². The molecule has 1 aromatic heterocycles. The van der Waals surface area contributed by atoms with Gasteiger partial charge in [-0.25, -0.2) is 10.0 Å². The fourth-order valence-electron chi connectivity index (χ4n) is 4.05. The lowest BCUT2D eigenvalue weighted by Gasteiger charge is -2.23. The minimum Gasteiger partial charge on any atom is -0.495 e. The average Bonchev–Trinajstić information content (AvgIpc) is 3.19. The van der Waals surface area contributed by atoms with E-state index >= 15 is 0 Å². The van der Waals surface area contributed by atoms with Crippen molar-refractivity contribution in [3.63, 3.8) is 0 Å². The van der Waals surface area contributed by atoms with Gasteiger partial charge >= 0.3 is 0 Å². The molecule has 0 bridgehead atoms. The van der Waals surface area contributed by atoms with E-state index in [9.17, 15) is 0 Å². The van der Waals surface area contributed by atoms with E-state index < -0.39 is 0 Å². The van der Waals surface area contributed by atoms with E-state index in [1.54, 1.807) is 13.2 Å². The molecule has 0 amide bonds.